The first kappa shape index (κ1) is 18.7. The van der Waals surface area contributed by atoms with Gasteiger partial charge in [-0.3, -0.25) is 14.7 Å². The van der Waals surface area contributed by atoms with E-state index >= 15 is 0 Å². The summed E-state index contributed by atoms with van der Waals surface area (Å²) in [5.41, 5.74) is 3.08. The first-order valence-corrected chi connectivity index (χ1v) is 9.15. The van der Waals surface area contributed by atoms with Crippen molar-refractivity contribution >= 4 is 28.4 Å². The summed E-state index contributed by atoms with van der Waals surface area (Å²) in [5, 5.41) is 20.2. The van der Waals surface area contributed by atoms with Crippen LogP contribution in [0.5, 0.6) is 5.75 Å². The van der Waals surface area contributed by atoms with Crippen molar-refractivity contribution < 1.29 is 19.4 Å². The number of amides is 2. The average Bonchev–Trinajstić information content (AvgIpc) is 3.23. The normalized spacial score (nSPS) is 16.6. The van der Waals surface area contributed by atoms with Crippen LogP contribution in [0.3, 0.4) is 0 Å². The molecule has 8 heteroatoms. The molecule has 3 N–H and O–H groups in total. The standard InChI is InChI=1S/C21H20N4O4/c1-2-20(27)25-7-8-29-19(12-25)21(28)23-17-9-14(10-18-16(17)11-22-24-18)13-3-5-15(26)6-4-13/h2-6,9-11,19,26H,1,7-8,12H2,(H,22,24)(H,23,28)/t19-/m1/s1. The predicted octanol–water partition coefficient (Wildman–Crippen LogP) is 2.29. The Kier molecular flexibility index (Phi) is 5.01. The van der Waals surface area contributed by atoms with Gasteiger partial charge in [0.15, 0.2) is 6.10 Å². The second kappa shape index (κ2) is 7.76. The zero-order chi connectivity index (χ0) is 20.4. The van der Waals surface area contributed by atoms with Gasteiger partial charge in [0.2, 0.25) is 5.91 Å². The first-order valence-electron chi connectivity index (χ1n) is 9.15. The molecule has 2 amide bonds. The van der Waals surface area contributed by atoms with E-state index in [0.717, 1.165) is 22.0 Å². The van der Waals surface area contributed by atoms with Gasteiger partial charge in [-0.25, -0.2) is 0 Å². The summed E-state index contributed by atoms with van der Waals surface area (Å²) in [6.07, 6.45) is 2.10. The number of carbonyl (C=O) groups is 2. The van der Waals surface area contributed by atoms with Crippen LogP contribution >= 0.6 is 0 Å². The monoisotopic (exact) mass is 392 g/mol. The number of phenols is 1. The second-order valence-electron chi connectivity index (χ2n) is 6.74. The van der Waals surface area contributed by atoms with Gasteiger partial charge in [-0.2, -0.15) is 5.10 Å². The molecule has 1 aliphatic rings. The minimum absolute atomic E-state index is 0.170. The second-order valence-corrected chi connectivity index (χ2v) is 6.74. The van der Waals surface area contributed by atoms with Crippen LogP contribution in [0.2, 0.25) is 0 Å². The van der Waals surface area contributed by atoms with E-state index < -0.39 is 6.10 Å². The lowest BCUT2D eigenvalue weighted by Gasteiger charge is -2.31. The van der Waals surface area contributed by atoms with E-state index in [9.17, 15) is 14.7 Å². The molecule has 0 aliphatic carbocycles. The maximum Gasteiger partial charge on any atom is 0.255 e. The van der Waals surface area contributed by atoms with Crippen molar-refractivity contribution in [2.24, 2.45) is 0 Å². The number of benzene rings is 2. The van der Waals surface area contributed by atoms with Crippen molar-refractivity contribution in [3.63, 3.8) is 0 Å². The highest BCUT2D eigenvalue weighted by Gasteiger charge is 2.28. The molecule has 1 saturated heterocycles. The molecule has 1 atom stereocenters. The number of rotatable bonds is 4. The maximum absolute atomic E-state index is 12.8. The lowest BCUT2D eigenvalue weighted by molar-refractivity contribution is -0.141. The van der Waals surface area contributed by atoms with Crippen LogP contribution in [0.1, 0.15) is 0 Å². The Labute approximate surface area is 166 Å². The number of hydrogen-bond donors (Lipinski definition) is 3. The lowest BCUT2D eigenvalue weighted by Crippen LogP contribution is -2.49. The number of nitrogens with one attached hydrogen (secondary N) is 2. The first-order chi connectivity index (χ1) is 14.0. The van der Waals surface area contributed by atoms with Crippen LogP contribution in [-0.4, -0.2) is 57.8 Å². The highest BCUT2D eigenvalue weighted by molar-refractivity contribution is 6.04. The number of morpholine rings is 1. The highest BCUT2D eigenvalue weighted by atomic mass is 16.5. The summed E-state index contributed by atoms with van der Waals surface area (Å²) in [5.74, 6) is -0.382. The molecule has 0 spiro atoms. The van der Waals surface area contributed by atoms with Gasteiger partial charge in [-0.15, -0.1) is 0 Å². The van der Waals surface area contributed by atoms with E-state index in [1.807, 2.05) is 12.1 Å². The summed E-state index contributed by atoms with van der Waals surface area (Å²) in [6, 6.07) is 10.6. The molecule has 1 fully saturated rings. The van der Waals surface area contributed by atoms with Gasteiger partial charge in [-0.05, 0) is 41.5 Å². The van der Waals surface area contributed by atoms with Crippen LogP contribution < -0.4 is 5.32 Å². The molecule has 0 bridgehead atoms. The summed E-state index contributed by atoms with van der Waals surface area (Å²) >= 11 is 0. The van der Waals surface area contributed by atoms with Gasteiger partial charge in [-0.1, -0.05) is 18.7 Å². The van der Waals surface area contributed by atoms with Gasteiger partial charge in [0, 0.05) is 11.9 Å². The molecule has 3 aromatic rings. The van der Waals surface area contributed by atoms with Gasteiger partial charge in [0.25, 0.3) is 5.91 Å². The number of aromatic hydroxyl groups is 1. The molecule has 29 heavy (non-hydrogen) atoms. The Morgan fingerprint density at radius 2 is 2.07 bits per heavy atom. The van der Waals surface area contributed by atoms with Gasteiger partial charge in [0.1, 0.15) is 5.75 Å². The number of nitrogens with zero attached hydrogens (tertiary/aromatic N) is 2. The van der Waals surface area contributed by atoms with Gasteiger partial charge >= 0.3 is 0 Å². The van der Waals surface area contributed by atoms with Crippen molar-refractivity contribution in [1.82, 2.24) is 15.1 Å². The number of hydrogen-bond acceptors (Lipinski definition) is 5. The minimum Gasteiger partial charge on any atom is -0.508 e. The third-order valence-corrected chi connectivity index (χ3v) is 4.86. The SMILES string of the molecule is C=CC(=O)N1CCO[C@@H](C(=O)Nc2cc(-c3ccc(O)cc3)cc3[nH]ncc23)C1. The fourth-order valence-electron chi connectivity index (χ4n) is 3.33. The fraction of sp³-hybridized carbons (Fsp3) is 0.190. The van der Waals surface area contributed by atoms with E-state index in [4.69, 9.17) is 4.74 Å². The van der Waals surface area contributed by atoms with Crippen LogP contribution in [0.15, 0.2) is 55.3 Å². The van der Waals surface area contributed by atoms with Crippen LogP contribution in [0.25, 0.3) is 22.0 Å². The molecule has 0 unspecified atom stereocenters. The number of aromatic amines is 1. The smallest absolute Gasteiger partial charge is 0.255 e. The summed E-state index contributed by atoms with van der Waals surface area (Å²) in [6.45, 7) is 4.37. The summed E-state index contributed by atoms with van der Waals surface area (Å²) in [4.78, 5) is 26.2. The fourth-order valence-corrected chi connectivity index (χ4v) is 3.33. The van der Waals surface area contributed by atoms with E-state index in [1.165, 1.54) is 6.08 Å². The van der Waals surface area contributed by atoms with Crippen molar-refractivity contribution in [3.8, 4) is 16.9 Å². The Hall–Kier alpha value is -3.65. The van der Waals surface area contributed by atoms with E-state index in [-0.39, 0.29) is 30.7 Å². The molecular formula is C21H20N4O4. The Balaban J connectivity index is 1.61. The average molecular weight is 392 g/mol. The van der Waals surface area contributed by atoms with E-state index in [0.29, 0.717) is 12.2 Å². The number of phenolic OH excluding ortho intramolecular Hbond substituents is 1. The molecule has 1 aromatic heterocycles. The Morgan fingerprint density at radius 3 is 2.83 bits per heavy atom. The molecule has 2 aromatic carbocycles. The highest BCUT2D eigenvalue weighted by Crippen LogP contribution is 2.31. The van der Waals surface area contributed by atoms with Gasteiger partial charge in [0.05, 0.1) is 30.6 Å². The van der Waals surface area contributed by atoms with Gasteiger partial charge < -0.3 is 20.1 Å². The molecule has 8 nitrogen and oxygen atoms in total. The van der Waals surface area contributed by atoms with Crippen molar-refractivity contribution in [1.29, 1.82) is 0 Å². The molecule has 148 valence electrons. The largest absolute Gasteiger partial charge is 0.508 e. The Morgan fingerprint density at radius 1 is 1.28 bits per heavy atom. The number of ether oxygens (including phenoxy) is 1. The summed E-state index contributed by atoms with van der Waals surface area (Å²) in [7, 11) is 0. The number of fused-ring (bicyclic) bond motifs is 1. The molecule has 0 saturated carbocycles. The molecule has 2 heterocycles. The molecule has 4 rings (SSSR count). The number of H-pyrrole nitrogens is 1. The zero-order valence-corrected chi connectivity index (χ0v) is 15.6. The minimum atomic E-state index is -0.771. The zero-order valence-electron chi connectivity index (χ0n) is 15.6. The summed E-state index contributed by atoms with van der Waals surface area (Å²) < 4.78 is 5.57. The molecule has 0 radical (unpaired) electrons. The van der Waals surface area contributed by atoms with Crippen LogP contribution in [-0.2, 0) is 14.3 Å². The Bertz CT molecular complexity index is 1070. The van der Waals surface area contributed by atoms with E-state index in [1.54, 1.807) is 35.4 Å². The number of carbonyl (C=O) groups excluding carboxylic acids is 2. The third-order valence-electron chi connectivity index (χ3n) is 4.86. The topological polar surface area (TPSA) is 108 Å². The van der Waals surface area contributed by atoms with Crippen LogP contribution in [0, 0.1) is 0 Å². The predicted molar refractivity (Wildman–Crippen MR) is 108 cm³/mol. The molecule has 1 aliphatic heterocycles. The number of aromatic nitrogens is 2. The number of anilines is 1. The maximum atomic E-state index is 12.8. The lowest BCUT2D eigenvalue weighted by atomic mass is 10.0. The quantitative estimate of drug-likeness (QED) is 0.591. The molecular weight excluding hydrogens is 372 g/mol. The van der Waals surface area contributed by atoms with Crippen molar-refractivity contribution in [3.05, 3.63) is 55.3 Å². The van der Waals surface area contributed by atoms with Crippen molar-refractivity contribution in [2.45, 2.75) is 6.10 Å². The van der Waals surface area contributed by atoms with Crippen LogP contribution in [0.4, 0.5) is 5.69 Å². The third kappa shape index (κ3) is 3.83. The van der Waals surface area contributed by atoms with E-state index in [2.05, 4.69) is 22.1 Å². The van der Waals surface area contributed by atoms with Crippen molar-refractivity contribution in [2.75, 3.05) is 25.0 Å².